The van der Waals surface area contributed by atoms with Gasteiger partial charge in [-0.25, -0.2) is 4.79 Å². The van der Waals surface area contributed by atoms with E-state index in [1.807, 2.05) is 0 Å². The maximum absolute atomic E-state index is 16.2. The maximum atomic E-state index is 16.2. The number of ether oxygens (including phenoxy) is 2. The number of carbonyl (C=O) groups is 2. The molecule has 3 aromatic rings. The van der Waals surface area contributed by atoms with Gasteiger partial charge < -0.3 is 20.1 Å². The van der Waals surface area contributed by atoms with Gasteiger partial charge in [-0.2, -0.15) is 0 Å². The lowest BCUT2D eigenvalue weighted by atomic mass is 9.29. The van der Waals surface area contributed by atoms with Crippen LogP contribution < -0.4 is 5.73 Å². The van der Waals surface area contributed by atoms with Crippen LogP contribution in [0.1, 0.15) is 134 Å². The largest absolute Gasteiger partial charge is 0.449 e. The second kappa shape index (κ2) is 14.2. The summed E-state index contributed by atoms with van der Waals surface area (Å²) in [6, 6.07) is 24.6. The number of carbonyl (C=O) groups excluding carboxylic acids is 2. The van der Waals surface area contributed by atoms with Crippen LogP contribution in [0.2, 0.25) is 0 Å². The Balaban J connectivity index is 1.05. The van der Waals surface area contributed by atoms with Crippen LogP contribution in [-0.4, -0.2) is 60.0 Å². The van der Waals surface area contributed by atoms with E-state index in [1.54, 1.807) is 11.3 Å². The SMILES string of the molecule is C[C@@H]1CC2=C3[C@H]4C5=C6C=C(Cc7cc8cc(c7)Cc7ccc(cc7)C[C@@]79C[C@@H](CN(C7)[C@H](C)C/C=C7\OC(=O)[C@@]6%10[C@H](CCCC8)[C@@]6(OC(=O)c8c(CCCN)cccc86)[C@]7%10CC5)[C@H](CC2)N3C9)[C@@H]41. The van der Waals surface area contributed by atoms with Gasteiger partial charge in [0.15, 0.2) is 5.60 Å². The number of allylic oxidation sites excluding steroid dienone is 4. The number of benzene rings is 3. The van der Waals surface area contributed by atoms with E-state index in [4.69, 9.17) is 15.2 Å². The number of fused-ring (bicyclic) bond motifs is 6. The van der Waals surface area contributed by atoms with Crippen LogP contribution in [0.4, 0.5) is 0 Å². The van der Waals surface area contributed by atoms with Gasteiger partial charge in [0.25, 0.3) is 0 Å². The average Bonchev–Trinajstić information content (AvgIpc) is 3.77. The number of rotatable bonds is 3. The summed E-state index contributed by atoms with van der Waals surface area (Å²) in [4.78, 5) is 37.1. The van der Waals surface area contributed by atoms with E-state index in [2.05, 4.69) is 96.5 Å². The molecule has 350 valence electrons. The Morgan fingerprint density at radius 2 is 1.72 bits per heavy atom. The van der Waals surface area contributed by atoms with Crippen molar-refractivity contribution in [3.63, 3.8) is 0 Å². The second-order valence-electron chi connectivity index (χ2n) is 24.4. The normalized spacial score (nSPS) is 40.5. The smallest absolute Gasteiger partial charge is 0.339 e. The summed E-state index contributed by atoms with van der Waals surface area (Å²) in [5, 5.41) is 0. The van der Waals surface area contributed by atoms with E-state index < -0.39 is 16.4 Å². The van der Waals surface area contributed by atoms with Gasteiger partial charge in [0, 0.05) is 60.2 Å². The van der Waals surface area contributed by atoms with E-state index in [0.717, 1.165) is 126 Å². The molecule has 4 spiro atoms. The molecule has 12 atom stereocenters. The molecule has 11 aliphatic heterocycles. The quantitative estimate of drug-likeness (QED) is 0.262. The van der Waals surface area contributed by atoms with Crippen molar-refractivity contribution in [2.45, 2.75) is 134 Å². The molecule has 4 fully saturated rings. The fourth-order valence-corrected chi connectivity index (χ4v) is 18.9. The Bertz CT molecular complexity index is 2890. The van der Waals surface area contributed by atoms with Crippen molar-refractivity contribution in [1.29, 1.82) is 0 Å². The average molecular weight is 906 g/mol. The predicted octanol–water partition coefficient (Wildman–Crippen LogP) is 10.2. The summed E-state index contributed by atoms with van der Waals surface area (Å²) in [5.41, 5.74) is 20.9. The number of piperidine rings is 2. The molecular formula is C61H67N3O4. The molecular weight excluding hydrogens is 839 g/mol. The topological polar surface area (TPSA) is 85.1 Å². The predicted molar refractivity (Wildman–Crippen MR) is 262 cm³/mol. The Hall–Kier alpha value is -4.72. The van der Waals surface area contributed by atoms with E-state index in [1.165, 1.54) is 63.8 Å². The summed E-state index contributed by atoms with van der Waals surface area (Å²) < 4.78 is 14.4. The molecule has 19 bridgehead atoms. The lowest BCUT2D eigenvalue weighted by Crippen LogP contribution is -2.77. The Morgan fingerprint density at radius 3 is 2.59 bits per heavy atom. The van der Waals surface area contributed by atoms with Gasteiger partial charge in [-0.05, 0) is 173 Å². The zero-order chi connectivity index (χ0) is 45.5. The molecule has 16 aliphatic rings. The highest BCUT2D eigenvalue weighted by molar-refractivity contribution is 6.00. The third-order valence-electron chi connectivity index (χ3n) is 21.0. The molecule has 19 rings (SSSR count). The van der Waals surface area contributed by atoms with Crippen LogP contribution in [0.3, 0.4) is 0 Å². The van der Waals surface area contributed by atoms with E-state index in [9.17, 15) is 4.79 Å². The van der Waals surface area contributed by atoms with Crippen molar-refractivity contribution in [1.82, 2.24) is 9.80 Å². The summed E-state index contributed by atoms with van der Waals surface area (Å²) in [6.45, 7) is 8.83. The van der Waals surface area contributed by atoms with Gasteiger partial charge in [-0.3, -0.25) is 9.69 Å². The summed E-state index contributed by atoms with van der Waals surface area (Å²) in [7, 11) is 0. The van der Waals surface area contributed by atoms with E-state index in [0.29, 0.717) is 30.3 Å². The van der Waals surface area contributed by atoms with Gasteiger partial charge in [-0.1, -0.05) is 96.8 Å². The van der Waals surface area contributed by atoms with Gasteiger partial charge in [-0.15, -0.1) is 0 Å². The van der Waals surface area contributed by atoms with Crippen molar-refractivity contribution in [3.05, 3.63) is 151 Å². The number of nitrogens with two attached hydrogens (primary N) is 1. The molecule has 2 N–H and O–H groups in total. The molecule has 7 nitrogen and oxygen atoms in total. The molecule has 5 aliphatic carbocycles. The van der Waals surface area contributed by atoms with Crippen molar-refractivity contribution in [2.75, 3.05) is 26.2 Å². The maximum Gasteiger partial charge on any atom is 0.339 e. The van der Waals surface area contributed by atoms with Crippen molar-refractivity contribution >= 4 is 11.9 Å². The fraction of sp³-hybridized carbons (Fsp3) is 0.541. The highest BCUT2D eigenvalue weighted by atomic mass is 16.6. The first-order valence-corrected chi connectivity index (χ1v) is 27.0. The highest BCUT2D eigenvalue weighted by Crippen LogP contribution is 2.87. The van der Waals surface area contributed by atoms with E-state index in [-0.39, 0.29) is 35.2 Å². The van der Waals surface area contributed by atoms with Gasteiger partial charge in [0.2, 0.25) is 0 Å². The molecule has 3 saturated heterocycles. The Kier molecular flexibility index (Phi) is 8.59. The Morgan fingerprint density at radius 1 is 0.882 bits per heavy atom. The second-order valence-corrected chi connectivity index (χ2v) is 24.4. The zero-order valence-corrected chi connectivity index (χ0v) is 40.2. The molecule has 1 unspecified atom stereocenters. The van der Waals surface area contributed by atoms with Gasteiger partial charge >= 0.3 is 11.9 Å². The first kappa shape index (κ1) is 41.1. The van der Waals surface area contributed by atoms with Crippen LogP contribution in [0.25, 0.3) is 0 Å². The molecule has 11 heterocycles. The number of hydrogen-bond donors (Lipinski definition) is 1. The van der Waals surface area contributed by atoms with Crippen LogP contribution in [0, 0.1) is 45.8 Å². The third-order valence-corrected chi connectivity index (χ3v) is 21.0. The zero-order valence-electron chi connectivity index (χ0n) is 40.2. The molecule has 7 heteroatoms. The number of aryl methyl sites for hydroxylation is 2. The third kappa shape index (κ3) is 5.08. The van der Waals surface area contributed by atoms with Crippen molar-refractivity contribution in [2.24, 2.45) is 51.6 Å². The van der Waals surface area contributed by atoms with Gasteiger partial charge in [0.1, 0.15) is 11.2 Å². The lowest BCUT2D eigenvalue weighted by molar-refractivity contribution is -0.275. The Labute approximate surface area is 402 Å². The van der Waals surface area contributed by atoms with Crippen LogP contribution >= 0.6 is 0 Å². The highest BCUT2D eigenvalue weighted by Gasteiger charge is 2.92. The number of esters is 2. The molecule has 0 amide bonds. The summed E-state index contributed by atoms with van der Waals surface area (Å²) in [6.07, 6.45) is 20.3. The molecule has 3 aromatic carbocycles. The monoisotopic (exact) mass is 906 g/mol. The minimum atomic E-state index is -1.02. The van der Waals surface area contributed by atoms with Crippen molar-refractivity contribution in [3.8, 4) is 0 Å². The van der Waals surface area contributed by atoms with Crippen LogP contribution in [0.15, 0.2) is 107 Å². The van der Waals surface area contributed by atoms with Gasteiger partial charge in [0.05, 0.1) is 11.0 Å². The molecule has 68 heavy (non-hydrogen) atoms. The van der Waals surface area contributed by atoms with E-state index >= 15 is 4.79 Å². The summed E-state index contributed by atoms with van der Waals surface area (Å²) >= 11 is 0. The number of nitrogens with zero attached hydrogens (tertiary/aromatic N) is 2. The summed E-state index contributed by atoms with van der Waals surface area (Å²) in [5.74, 6) is 1.85. The first-order valence-electron chi connectivity index (χ1n) is 27.0. The van der Waals surface area contributed by atoms with Crippen molar-refractivity contribution < 1.29 is 19.1 Å². The van der Waals surface area contributed by atoms with Crippen LogP contribution in [0.5, 0.6) is 0 Å². The number of hydrogen-bond acceptors (Lipinski definition) is 7. The first-order chi connectivity index (χ1) is 33.1. The minimum Gasteiger partial charge on any atom is -0.449 e. The lowest BCUT2D eigenvalue weighted by Gasteiger charge is -2.71. The molecule has 0 radical (unpaired) electrons. The molecule has 1 saturated carbocycles. The standard InChI is InChI=1S/C61H67N3O4/c1-35-23-43-17-18-49-45-31-58-30-38-15-13-37(14-16-38)24-40-25-39-7-3-4-11-50-60-48-29-44(28-41(26-39)27-40)52(35)54(55(43)64(49)34-58)46(48)20-21-59(60,51(67-57(60)66)19-12-36(2)63(32-45)33-58)61(50)47-10-5-8-42(9-6-22-62)53(47)56(65)68-61/h5,8,10,13-16,19,25-27,29,35-36,45,49-50,52,54H,3-4,6-7,9,11-12,17-18,20-24,28,30-34,62H2,1-2H3/b51-19-/t35-,36-,45+,49+,50+,52+,54+,58-,59-,60+,61-/m1/s1. The fourth-order valence-electron chi connectivity index (χ4n) is 18.9. The minimum absolute atomic E-state index is 0.0922. The van der Waals surface area contributed by atoms with Crippen LogP contribution in [-0.2, 0) is 52.0 Å². The molecule has 0 aromatic heterocycles.